The van der Waals surface area contributed by atoms with Crippen molar-refractivity contribution < 1.29 is 15.0 Å². The summed E-state index contributed by atoms with van der Waals surface area (Å²) in [6, 6.07) is 6.32. The number of rotatable bonds is 3. The van der Waals surface area contributed by atoms with Gasteiger partial charge in [-0.2, -0.15) is 0 Å². The van der Waals surface area contributed by atoms with Crippen LogP contribution in [0.1, 0.15) is 10.9 Å². The Kier molecular flexibility index (Phi) is 3.75. The van der Waals surface area contributed by atoms with Gasteiger partial charge in [0, 0.05) is 5.02 Å². The maximum atomic E-state index is 10.4. The highest BCUT2D eigenvalue weighted by molar-refractivity contribution is 6.30. The molecule has 5 heteroatoms. The number of carboxylic acid groups (broad SMARTS) is 1. The average molecular weight is 235 g/mol. The quantitative estimate of drug-likeness (QED) is 0.788. The van der Waals surface area contributed by atoms with Gasteiger partial charge in [-0.15, -0.1) is 11.6 Å². The second kappa shape index (κ2) is 4.64. The molecule has 0 aliphatic rings. The van der Waals surface area contributed by atoms with Gasteiger partial charge in [0.25, 0.3) is 0 Å². The standard InChI is InChI=1S/C9H8Cl2O3/c10-6-3-1-5(2-4-6)7(11)8(12)9(13)14/h1-4,7-8,12H,(H,13,14). The molecule has 0 saturated heterocycles. The molecule has 0 amide bonds. The molecule has 1 aromatic rings. The van der Waals surface area contributed by atoms with E-state index in [-0.39, 0.29) is 0 Å². The normalized spacial score (nSPS) is 14.8. The highest BCUT2D eigenvalue weighted by Gasteiger charge is 2.24. The summed E-state index contributed by atoms with van der Waals surface area (Å²) in [5.74, 6) is -1.35. The van der Waals surface area contributed by atoms with Gasteiger partial charge >= 0.3 is 5.97 Å². The summed E-state index contributed by atoms with van der Waals surface area (Å²) in [7, 11) is 0. The van der Waals surface area contributed by atoms with Crippen molar-refractivity contribution in [1.29, 1.82) is 0 Å². The van der Waals surface area contributed by atoms with Crippen LogP contribution in [0, 0.1) is 0 Å². The first-order valence-corrected chi connectivity index (χ1v) is 4.64. The molecule has 2 atom stereocenters. The summed E-state index contributed by atoms with van der Waals surface area (Å²) in [5.41, 5.74) is 0.519. The van der Waals surface area contributed by atoms with Crippen LogP contribution in [0.25, 0.3) is 0 Å². The fourth-order valence-corrected chi connectivity index (χ4v) is 1.33. The Morgan fingerprint density at radius 1 is 1.29 bits per heavy atom. The van der Waals surface area contributed by atoms with Crippen molar-refractivity contribution in [3.8, 4) is 0 Å². The molecule has 0 fully saturated rings. The summed E-state index contributed by atoms with van der Waals surface area (Å²) < 4.78 is 0. The van der Waals surface area contributed by atoms with E-state index < -0.39 is 17.5 Å². The number of hydrogen-bond acceptors (Lipinski definition) is 2. The highest BCUT2D eigenvalue weighted by Crippen LogP contribution is 2.25. The minimum atomic E-state index is -1.61. The van der Waals surface area contributed by atoms with Gasteiger partial charge in [-0.3, -0.25) is 0 Å². The number of carbonyl (C=O) groups is 1. The third-order valence-corrected chi connectivity index (χ3v) is 2.46. The van der Waals surface area contributed by atoms with E-state index in [1.54, 1.807) is 24.3 Å². The summed E-state index contributed by atoms with van der Waals surface area (Å²) in [4.78, 5) is 10.4. The largest absolute Gasteiger partial charge is 0.479 e. The predicted molar refractivity (Wildman–Crippen MR) is 53.7 cm³/mol. The maximum absolute atomic E-state index is 10.4. The van der Waals surface area contributed by atoms with E-state index in [9.17, 15) is 4.79 Å². The van der Waals surface area contributed by atoms with E-state index in [1.165, 1.54) is 0 Å². The SMILES string of the molecule is O=C(O)C(O)C(Cl)c1ccc(Cl)cc1. The average Bonchev–Trinajstić information content (AvgIpc) is 2.16. The van der Waals surface area contributed by atoms with Gasteiger partial charge in [-0.1, -0.05) is 23.7 Å². The van der Waals surface area contributed by atoms with Crippen LogP contribution in [0.15, 0.2) is 24.3 Å². The third-order valence-electron chi connectivity index (χ3n) is 1.72. The lowest BCUT2D eigenvalue weighted by atomic mass is 10.1. The Bertz CT molecular complexity index is 323. The van der Waals surface area contributed by atoms with Crippen molar-refractivity contribution in [2.24, 2.45) is 0 Å². The fraction of sp³-hybridized carbons (Fsp3) is 0.222. The lowest BCUT2D eigenvalue weighted by Crippen LogP contribution is -2.24. The third kappa shape index (κ3) is 2.61. The van der Waals surface area contributed by atoms with E-state index in [1.807, 2.05) is 0 Å². The number of aliphatic hydroxyl groups excluding tert-OH is 1. The van der Waals surface area contributed by atoms with Crippen molar-refractivity contribution in [2.45, 2.75) is 11.5 Å². The minimum absolute atomic E-state index is 0.519. The molecule has 0 aliphatic carbocycles. The molecule has 14 heavy (non-hydrogen) atoms. The van der Waals surface area contributed by atoms with Crippen molar-refractivity contribution in [3.05, 3.63) is 34.9 Å². The van der Waals surface area contributed by atoms with Crippen LogP contribution in [-0.4, -0.2) is 22.3 Å². The second-order valence-electron chi connectivity index (χ2n) is 2.74. The van der Waals surface area contributed by atoms with Crippen LogP contribution in [0.5, 0.6) is 0 Å². The summed E-state index contributed by atoms with van der Waals surface area (Å²) in [6.07, 6.45) is -1.61. The predicted octanol–water partition coefficient (Wildman–Crippen LogP) is 2.07. The monoisotopic (exact) mass is 234 g/mol. The molecular formula is C9H8Cl2O3. The first-order chi connectivity index (χ1) is 6.52. The number of aliphatic hydroxyl groups is 1. The molecule has 2 unspecified atom stereocenters. The van der Waals surface area contributed by atoms with Crippen LogP contribution in [-0.2, 0) is 4.79 Å². The van der Waals surface area contributed by atoms with E-state index in [0.29, 0.717) is 10.6 Å². The first-order valence-electron chi connectivity index (χ1n) is 3.83. The maximum Gasteiger partial charge on any atom is 0.334 e. The van der Waals surface area contributed by atoms with Crippen LogP contribution in [0.2, 0.25) is 5.02 Å². The first kappa shape index (κ1) is 11.3. The fourth-order valence-electron chi connectivity index (χ4n) is 0.954. The van der Waals surface area contributed by atoms with E-state index in [4.69, 9.17) is 33.4 Å². The lowest BCUT2D eigenvalue weighted by Gasteiger charge is -2.12. The molecule has 3 nitrogen and oxygen atoms in total. The molecule has 0 bridgehead atoms. The Hall–Kier alpha value is -0.770. The van der Waals surface area contributed by atoms with Gasteiger partial charge in [0.05, 0.1) is 5.38 Å². The van der Waals surface area contributed by atoms with Gasteiger partial charge in [0.15, 0.2) is 6.10 Å². The number of carboxylic acids is 1. The zero-order chi connectivity index (χ0) is 10.7. The molecular weight excluding hydrogens is 227 g/mol. The highest BCUT2D eigenvalue weighted by atomic mass is 35.5. The zero-order valence-electron chi connectivity index (χ0n) is 7.02. The number of halogens is 2. The Morgan fingerprint density at radius 3 is 2.21 bits per heavy atom. The number of alkyl halides is 1. The second-order valence-corrected chi connectivity index (χ2v) is 3.64. The van der Waals surface area contributed by atoms with Crippen molar-refractivity contribution in [3.63, 3.8) is 0 Å². The minimum Gasteiger partial charge on any atom is -0.479 e. The van der Waals surface area contributed by atoms with Crippen molar-refractivity contribution in [2.75, 3.05) is 0 Å². The van der Waals surface area contributed by atoms with E-state index >= 15 is 0 Å². The van der Waals surface area contributed by atoms with Gasteiger partial charge in [0.2, 0.25) is 0 Å². The summed E-state index contributed by atoms with van der Waals surface area (Å²) in [5, 5.41) is 17.2. The molecule has 0 spiro atoms. The molecule has 0 aromatic heterocycles. The van der Waals surface area contributed by atoms with Gasteiger partial charge in [-0.05, 0) is 17.7 Å². The molecule has 2 N–H and O–H groups in total. The summed E-state index contributed by atoms with van der Waals surface area (Å²) in [6.45, 7) is 0. The zero-order valence-corrected chi connectivity index (χ0v) is 8.53. The van der Waals surface area contributed by atoms with E-state index in [0.717, 1.165) is 0 Å². The van der Waals surface area contributed by atoms with Gasteiger partial charge in [-0.25, -0.2) is 4.79 Å². The van der Waals surface area contributed by atoms with Gasteiger partial charge in [0.1, 0.15) is 0 Å². The van der Waals surface area contributed by atoms with Gasteiger partial charge < -0.3 is 10.2 Å². The Balaban J connectivity index is 2.84. The molecule has 1 aromatic carbocycles. The Labute approximate surface area is 90.9 Å². The molecule has 0 heterocycles. The van der Waals surface area contributed by atoms with Crippen molar-refractivity contribution >= 4 is 29.2 Å². The molecule has 0 radical (unpaired) electrons. The number of hydrogen-bond donors (Lipinski definition) is 2. The van der Waals surface area contributed by atoms with Crippen molar-refractivity contribution in [1.82, 2.24) is 0 Å². The van der Waals surface area contributed by atoms with E-state index in [2.05, 4.69) is 0 Å². The molecule has 0 saturated carbocycles. The van der Waals surface area contributed by atoms with Crippen LogP contribution in [0.4, 0.5) is 0 Å². The topological polar surface area (TPSA) is 57.5 Å². The molecule has 0 aliphatic heterocycles. The molecule has 1 rings (SSSR count). The van der Waals surface area contributed by atoms with Crippen LogP contribution < -0.4 is 0 Å². The Morgan fingerprint density at radius 2 is 1.79 bits per heavy atom. The number of aliphatic carboxylic acids is 1. The van der Waals surface area contributed by atoms with Crippen LogP contribution >= 0.6 is 23.2 Å². The lowest BCUT2D eigenvalue weighted by molar-refractivity contribution is -0.146. The number of benzene rings is 1. The molecule has 76 valence electrons. The van der Waals surface area contributed by atoms with Crippen LogP contribution in [0.3, 0.4) is 0 Å². The smallest absolute Gasteiger partial charge is 0.334 e. The summed E-state index contributed by atoms with van der Waals surface area (Å²) >= 11 is 11.4.